The molecule has 2 aromatic heterocycles. The summed E-state index contributed by atoms with van der Waals surface area (Å²) in [5, 5.41) is 11.0. The van der Waals surface area contributed by atoms with Crippen molar-refractivity contribution in [3.63, 3.8) is 0 Å². The highest BCUT2D eigenvalue weighted by Gasteiger charge is 2.14. The number of hydrogen-bond donors (Lipinski definition) is 1. The number of hydrogen-bond acceptors (Lipinski definition) is 5. The van der Waals surface area contributed by atoms with Crippen LogP contribution in [0.25, 0.3) is 23.1 Å². The molecule has 4 aromatic rings. The fourth-order valence-corrected chi connectivity index (χ4v) is 2.82. The van der Waals surface area contributed by atoms with Crippen LogP contribution in [0.2, 0.25) is 0 Å². The minimum Gasteiger partial charge on any atom is -0.459 e. The van der Waals surface area contributed by atoms with E-state index in [1.807, 2.05) is 49.4 Å². The van der Waals surface area contributed by atoms with Gasteiger partial charge in [0.1, 0.15) is 0 Å². The molecule has 0 saturated heterocycles. The topological polar surface area (TPSA) is 81.2 Å². The average molecular weight is 359 g/mol. The number of amides is 1. The summed E-state index contributed by atoms with van der Waals surface area (Å²) in [7, 11) is 0. The number of rotatable bonds is 5. The van der Waals surface area contributed by atoms with Gasteiger partial charge in [0.05, 0.1) is 6.26 Å². The molecule has 0 aliphatic rings. The zero-order valence-corrected chi connectivity index (χ0v) is 14.7. The molecule has 6 nitrogen and oxygen atoms in total. The second kappa shape index (κ2) is 7.29. The maximum atomic E-state index is 12.6. The molecular formula is C21H17N3O3. The number of aryl methyl sites for hydroxylation is 1. The van der Waals surface area contributed by atoms with E-state index in [9.17, 15) is 4.79 Å². The Balaban J connectivity index is 1.57. The molecule has 0 unspecified atom stereocenters. The standard InChI is InChI=1S/C21H17N3O3/c1-2-14-7-3-4-10-17(14)19(25)22-16-9-5-8-15(13-16)20-23-24-21(27-20)18-11-6-12-26-18/h3-13H,2H2,1H3,(H,22,25). The largest absolute Gasteiger partial charge is 0.459 e. The van der Waals surface area contributed by atoms with Crippen LogP contribution in [0.15, 0.2) is 75.8 Å². The smallest absolute Gasteiger partial charge is 0.283 e. The Morgan fingerprint density at radius 1 is 1.00 bits per heavy atom. The van der Waals surface area contributed by atoms with Gasteiger partial charge < -0.3 is 14.2 Å². The van der Waals surface area contributed by atoms with Gasteiger partial charge in [-0.1, -0.05) is 31.2 Å². The number of anilines is 1. The number of carbonyl (C=O) groups is 1. The van der Waals surface area contributed by atoms with Gasteiger partial charge in [-0.3, -0.25) is 4.79 Å². The van der Waals surface area contributed by atoms with Crippen molar-refractivity contribution >= 4 is 11.6 Å². The van der Waals surface area contributed by atoms with Gasteiger partial charge in [0, 0.05) is 16.8 Å². The van der Waals surface area contributed by atoms with Crippen LogP contribution in [-0.2, 0) is 6.42 Å². The lowest BCUT2D eigenvalue weighted by atomic mass is 10.0. The van der Waals surface area contributed by atoms with Crippen molar-refractivity contribution in [3.05, 3.63) is 78.1 Å². The van der Waals surface area contributed by atoms with Crippen LogP contribution in [0.5, 0.6) is 0 Å². The molecule has 6 heteroatoms. The van der Waals surface area contributed by atoms with Gasteiger partial charge in [-0.2, -0.15) is 0 Å². The quantitative estimate of drug-likeness (QED) is 0.553. The lowest BCUT2D eigenvalue weighted by Gasteiger charge is -2.09. The minimum atomic E-state index is -0.147. The molecule has 4 rings (SSSR count). The zero-order chi connectivity index (χ0) is 18.6. The van der Waals surface area contributed by atoms with Crippen LogP contribution in [-0.4, -0.2) is 16.1 Å². The molecule has 2 heterocycles. The number of benzene rings is 2. The Morgan fingerprint density at radius 3 is 2.67 bits per heavy atom. The van der Waals surface area contributed by atoms with Crippen LogP contribution in [0.4, 0.5) is 5.69 Å². The first-order valence-corrected chi connectivity index (χ1v) is 8.61. The summed E-state index contributed by atoms with van der Waals surface area (Å²) in [6, 6.07) is 18.4. The highest BCUT2D eigenvalue weighted by Crippen LogP contribution is 2.26. The van der Waals surface area contributed by atoms with Crippen molar-refractivity contribution in [2.45, 2.75) is 13.3 Å². The van der Waals surface area contributed by atoms with Crippen molar-refractivity contribution in [3.8, 4) is 23.1 Å². The van der Waals surface area contributed by atoms with Crippen LogP contribution in [0, 0.1) is 0 Å². The molecule has 1 amide bonds. The normalized spacial score (nSPS) is 10.7. The Morgan fingerprint density at radius 2 is 1.85 bits per heavy atom. The molecule has 0 bridgehead atoms. The molecular weight excluding hydrogens is 342 g/mol. The Labute approximate surface area is 155 Å². The van der Waals surface area contributed by atoms with Crippen LogP contribution < -0.4 is 5.32 Å². The third-order valence-corrected chi connectivity index (χ3v) is 4.17. The Hall–Kier alpha value is -3.67. The van der Waals surface area contributed by atoms with Gasteiger partial charge >= 0.3 is 0 Å². The SMILES string of the molecule is CCc1ccccc1C(=O)Nc1cccc(-c2nnc(-c3ccco3)o2)c1. The summed E-state index contributed by atoms with van der Waals surface area (Å²) in [5.74, 6) is 1.02. The van der Waals surface area contributed by atoms with E-state index in [-0.39, 0.29) is 5.91 Å². The molecule has 1 N–H and O–H groups in total. The molecule has 0 saturated carbocycles. The molecule has 0 aliphatic heterocycles. The van der Waals surface area contributed by atoms with Gasteiger partial charge in [-0.25, -0.2) is 0 Å². The number of furan rings is 1. The first-order chi connectivity index (χ1) is 13.2. The zero-order valence-electron chi connectivity index (χ0n) is 14.7. The predicted molar refractivity (Wildman–Crippen MR) is 101 cm³/mol. The third kappa shape index (κ3) is 3.50. The summed E-state index contributed by atoms with van der Waals surface area (Å²) in [5.41, 5.74) is 3.04. The van der Waals surface area contributed by atoms with Crippen LogP contribution >= 0.6 is 0 Å². The van der Waals surface area contributed by atoms with E-state index < -0.39 is 0 Å². The summed E-state index contributed by atoms with van der Waals surface area (Å²) in [6.07, 6.45) is 2.34. The van der Waals surface area contributed by atoms with E-state index in [4.69, 9.17) is 8.83 Å². The molecule has 0 spiro atoms. The van der Waals surface area contributed by atoms with E-state index >= 15 is 0 Å². The van der Waals surface area contributed by atoms with Gasteiger partial charge in [0.2, 0.25) is 5.89 Å². The lowest BCUT2D eigenvalue weighted by Crippen LogP contribution is -2.14. The molecule has 0 aliphatic carbocycles. The Kier molecular flexibility index (Phi) is 4.53. The number of aromatic nitrogens is 2. The number of nitrogens with zero attached hydrogens (tertiary/aromatic N) is 2. The molecule has 27 heavy (non-hydrogen) atoms. The van der Waals surface area contributed by atoms with Crippen LogP contribution in [0.3, 0.4) is 0 Å². The van der Waals surface area contributed by atoms with E-state index in [0.29, 0.717) is 34.4 Å². The fraction of sp³-hybridized carbons (Fsp3) is 0.0952. The second-order valence-corrected chi connectivity index (χ2v) is 5.94. The predicted octanol–water partition coefficient (Wildman–Crippen LogP) is 4.81. The molecule has 0 radical (unpaired) electrons. The fourth-order valence-electron chi connectivity index (χ4n) is 2.82. The highest BCUT2D eigenvalue weighted by molar-refractivity contribution is 6.05. The molecule has 2 aromatic carbocycles. The molecule has 134 valence electrons. The maximum Gasteiger partial charge on any atom is 0.283 e. The third-order valence-electron chi connectivity index (χ3n) is 4.17. The van der Waals surface area contributed by atoms with Crippen molar-refractivity contribution in [2.75, 3.05) is 5.32 Å². The summed E-state index contributed by atoms with van der Waals surface area (Å²) in [4.78, 5) is 12.6. The summed E-state index contributed by atoms with van der Waals surface area (Å²) >= 11 is 0. The van der Waals surface area contributed by atoms with Crippen molar-refractivity contribution < 1.29 is 13.6 Å². The van der Waals surface area contributed by atoms with Crippen molar-refractivity contribution in [1.82, 2.24) is 10.2 Å². The molecule has 0 atom stereocenters. The first kappa shape index (κ1) is 16.8. The molecule has 0 fully saturated rings. The van der Waals surface area contributed by atoms with Gasteiger partial charge in [-0.05, 0) is 48.4 Å². The first-order valence-electron chi connectivity index (χ1n) is 8.61. The number of nitrogens with one attached hydrogen (secondary N) is 1. The Bertz CT molecular complexity index is 1070. The van der Waals surface area contributed by atoms with E-state index in [0.717, 1.165) is 12.0 Å². The number of carbonyl (C=O) groups excluding carboxylic acids is 1. The van der Waals surface area contributed by atoms with E-state index in [1.165, 1.54) is 0 Å². The van der Waals surface area contributed by atoms with Gasteiger partial charge in [0.15, 0.2) is 5.76 Å². The monoisotopic (exact) mass is 359 g/mol. The van der Waals surface area contributed by atoms with Crippen LogP contribution in [0.1, 0.15) is 22.8 Å². The minimum absolute atomic E-state index is 0.147. The average Bonchev–Trinajstić information content (AvgIpc) is 3.39. The van der Waals surface area contributed by atoms with E-state index in [2.05, 4.69) is 15.5 Å². The van der Waals surface area contributed by atoms with Crippen molar-refractivity contribution in [2.24, 2.45) is 0 Å². The lowest BCUT2D eigenvalue weighted by molar-refractivity contribution is 0.102. The highest BCUT2D eigenvalue weighted by atomic mass is 16.4. The maximum absolute atomic E-state index is 12.6. The summed E-state index contributed by atoms with van der Waals surface area (Å²) in [6.45, 7) is 2.03. The van der Waals surface area contributed by atoms with Gasteiger partial charge in [-0.15, -0.1) is 10.2 Å². The van der Waals surface area contributed by atoms with E-state index in [1.54, 1.807) is 24.5 Å². The van der Waals surface area contributed by atoms with Crippen molar-refractivity contribution in [1.29, 1.82) is 0 Å². The summed E-state index contributed by atoms with van der Waals surface area (Å²) < 4.78 is 10.9. The van der Waals surface area contributed by atoms with Gasteiger partial charge in [0.25, 0.3) is 11.8 Å². The second-order valence-electron chi connectivity index (χ2n) is 5.94.